The summed E-state index contributed by atoms with van der Waals surface area (Å²) in [5.74, 6) is 0.654. The number of allylic oxidation sites excluding steroid dienone is 2. The number of fused-ring (bicyclic) bond motifs is 4. The third-order valence-corrected chi connectivity index (χ3v) is 6.67. The summed E-state index contributed by atoms with van der Waals surface area (Å²) in [7, 11) is 0. The van der Waals surface area contributed by atoms with Crippen LogP contribution in [0, 0.1) is 27.7 Å². The van der Waals surface area contributed by atoms with Crippen LogP contribution in [0.4, 0.5) is 0 Å². The van der Waals surface area contributed by atoms with Gasteiger partial charge in [0.25, 0.3) is 0 Å². The molecule has 0 saturated heterocycles. The van der Waals surface area contributed by atoms with Crippen LogP contribution in [-0.2, 0) is 12.8 Å². The Kier molecular flexibility index (Phi) is 2.93. The van der Waals surface area contributed by atoms with E-state index in [0.717, 1.165) is 0 Å². The van der Waals surface area contributed by atoms with Gasteiger partial charge >= 0.3 is 0 Å². The van der Waals surface area contributed by atoms with Crippen molar-refractivity contribution in [2.75, 3.05) is 0 Å². The first-order valence-corrected chi connectivity index (χ1v) is 9.53. The van der Waals surface area contributed by atoms with Crippen LogP contribution in [0.3, 0.4) is 0 Å². The lowest BCUT2D eigenvalue weighted by Crippen LogP contribution is -2.12. The molecule has 0 aromatic heterocycles. The van der Waals surface area contributed by atoms with E-state index in [1.54, 1.807) is 39.0 Å². The van der Waals surface area contributed by atoms with Crippen LogP contribution in [0.25, 0.3) is 11.1 Å². The number of aryl methyl sites for hydroxylation is 4. The van der Waals surface area contributed by atoms with E-state index in [4.69, 9.17) is 0 Å². The smallest absolute Gasteiger partial charge is 0.0110 e. The summed E-state index contributed by atoms with van der Waals surface area (Å²) < 4.78 is 0. The molecule has 5 rings (SSSR count). The van der Waals surface area contributed by atoms with Gasteiger partial charge in [-0.2, -0.15) is 0 Å². The van der Waals surface area contributed by atoms with Crippen molar-refractivity contribution in [2.24, 2.45) is 0 Å². The number of hydrogen-bond donors (Lipinski definition) is 0. The fraction of sp³-hybridized carbons (Fsp3) is 0.417. The Labute approximate surface area is 145 Å². The monoisotopic (exact) mass is 314 g/mol. The molecule has 0 nitrogen and oxygen atoms in total. The second-order valence-electron chi connectivity index (χ2n) is 8.22. The third-order valence-electron chi connectivity index (χ3n) is 6.67. The second-order valence-corrected chi connectivity index (χ2v) is 8.22. The summed E-state index contributed by atoms with van der Waals surface area (Å²) in [6, 6.07) is 7.30. The molecule has 2 aromatic rings. The fourth-order valence-electron chi connectivity index (χ4n) is 5.85. The molecule has 122 valence electrons. The average Bonchev–Trinajstić information content (AvgIpc) is 2.88. The highest BCUT2D eigenvalue weighted by molar-refractivity contribution is 6.03. The molecule has 2 aromatic carbocycles. The first-order chi connectivity index (χ1) is 11.6. The molecule has 0 spiro atoms. The minimum absolute atomic E-state index is 0.654. The van der Waals surface area contributed by atoms with Crippen LogP contribution in [-0.4, -0.2) is 0 Å². The van der Waals surface area contributed by atoms with E-state index in [1.807, 2.05) is 0 Å². The molecule has 0 heteroatoms. The minimum atomic E-state index is 0.654. The SMILES string of the molecule is Cc1cc(C)c2c(c1)C1=C3CCCc4c(C)cc(C)c(c43)C1CC2. The Morgan fingerprint density at radius 2 is 1.58 bits per heavy atom. The standard InChI is InChI=1S/C24H26/c1-13-10-14(2)17-8-9-20-22-16(4)12-15(3)18-6-5-7-19(24(18)22)23(20)21(17)11-13/h10-12,20H,5-9H2,1-4H3. The van der Waals surface area contributed by atoms with Gasteiger partial charge in [-0.15, -0.1) is 0 Å². The molecule has 24 heavy (non-hydrogen) atoms. The predicted octanol–water partition coefficient (Wildman–Crippen LogP) is 6.21. The Morgan fingerprint density at radius 1 is 0.792 bits per heavy atom. The molecule has 3 aliphatic carbocycles. The average molecular weight is 314 g/mol. The van der Waals surface area contributed by atoms with Gasteiger partial charge in [0.2, 0.25) is 0 Å². The molecule has 0 aliphatic heterocycles. The first-order valence-electron chi connectivity index (χ1n) is 9.53. The quantitative estimate of drug-likeness (QED) is 0.542. The Hall–Kier alpha value is -1.82. The van der Waals surface area contributed by atoms with Crippen LogP contribution in [0.5, 0.6) is 0 Å². The zero-order chi connectivity index (χ0) is 16.6. The molecule has 1 unspecified atom stereocenters. The Morgan fingerprint density at radius 3 is 2.42 bits per heavy atom. The highest BCUT2D eigenvalue weighted by Crippen LogP contribution is 2.57. The van der Waals surface area contributed by atoms with Crippen molar-refractivity contribution in [3.05, 3.63) is 68.3 Å². The maximum absolute atomic E-state index is 2.47. The molecular weight excluding hydrogens is 288 g/mol. The van der Waals surface area contributed by atoms with E-state index in [-0.39, 0.29) is 0 Å². The molecule has 0 heterocycles. The number of benzene rings is 2. The minimum Gasteiger partial charge on any atom is -0.0561 e. The predicted molar refractivity (Wildman–Crippen MR) is 103 cm³/mol. The van der Waals surface area contributed by atoms with Gasteiger partial charge in [0.05, 0.1) is 0 Å². The molecule has 0 N–H and O–H groups in total. The van der Waals surface area contributed by atoms with Crippen LogP contribution < -0.4 is 0 Å². The van der Waals surface area contributed by atoms with Crippen LogP contribution in [0.1, 0.15) is 75.3 Å². The van der Waals surface area contributed by atoms with Gasteiger partial charge in [-0.3, -0.25) is 0 Å². The summed E-state index contributed by atoms with van der Waals surface area (Å²) in [5.41, 5.74) is 17.6. The topological polar surface area (TPSA) is 0 Å². The molecule has 0 amide bonds. The van der Waals surface area contributed by atoms with Crippen molar-refractivity contribution < 1.29 is 0 Å². The van der Waals surface area contributed by atoms with Gasteiger partial charge in [-0.05, 0) is 115 Å². The van der Waals surface area contributed by atoms with E-state index >= 15 is 0 Å². The highest BCUT2D eigenvalue weighted by atomic mass is 14.4. The molecule has 1 atom stereocenters. The zero-order valence-corrected chi connectivity index (χ0v) is 15.3. The molecule has 0 fully saturated rings. The first kappa shape index (κ1) is 14.5. The molecule has 0 saturated carbocycles. The van der Waals surface area contributed by atoms with Crippen LogP contribution in [0.15, 0.2) is 18.2 Å². The molecule has 0 bridgehead atoms. The van der Waals surface area contributed by atoms with Crippen molar-refractivity contribution in [1.82, 2.24) is 0 Å². The second kappa shape index (κ2) is 4.85. The van der Waals surface area contributed by atoms with E-state index < -0.39 is 0 Å². The van der Waals surface area contributed by atoms with Gasteiger partial charge in [0.1, 0.15) is 0 Å². The van der Waals surface area contributed by atoms with Gasteiger partial charge in [-0.25, -0.2) is 0 Å². The van der Waals surface area contributed by atoms with Crippen LogP contribution >= 0.6 is 0 Å². The van der Waals surface area contributed by atoms with Crippen molar-refractivity contribution in [3.8, 4) is 0 Å². The van der Waals surface area contributed by atoms with Gasteiger partial charge in [0.15, 0.2) is 0 Å². The maximum atomic E-state index is 2.47. The summed E-state index contributed by atoms with van der Waals surface area (Å²) in [4.78, 5) is 0. The van der Waals surface area contributed by atoms with Crippen molar-refractivity contribution in [2.45, 2.75) is 65.7 Å². The lowest BCUT2D eigenvalue weighted by atomic mass is 9.76. The third kappa shape index (κ3) is 1.75. The summed E-state index contributed by atoms with van der Waals surface area (Å²) in [6.07, 6.45) is 6.41. The normalized spacial score (nSPS) is 20.8. The Balaban J connectivity index is 1.87. The van der Waals surface area contributed by atoms with Gasteiger partial charge in [0, 0.05) is 5.92 Å². The summed E-state index contributed by atoms with van der Waals surface area (Å²) in [5, 5.41) is 0. The summed E-state index contributed by atoms with van der Waals surface area (Å²) in [6.45, 7) is 9.22. The molecule has 3 aliphatic rings. The summed E-state index contributed by atoms with van der Waals surface area (Å²) >= 11 is 0. The van der Waals surface area contributed by atoms with Crippen molar-refractivity contribution >= 4 is 11.1 Å². The molecular formula is C24H26. The number of rotatable bonds is 0. The Bertz CT molecular complexity index is 924. The zero-order valence-electron chi connectivity index (χ0n) is 15.3. The largest absolute Gasteiger partial charge is 0.0561 e. The van der Waals surface area contributed by atoms with E-state index in [1.165, 1.54) is 54.4 Å². The van der Waals surface area contributed by atoms with Crippen molar-refractivity contribution in [3.63, 3.8) is 0 Å². The van der Waals surface area contributed by atoms with Gasteiger partial charge < -0.3 is 0 Å². The van der Waals surface area contributed by atoms with Gasteiger partial charge in [-0.1, -0.05) is 23.8 Å². The van der Waals surface area contributed by atoms with Crippen LogP contribution in [0.2, 0.25) is 0 Å². The highest BCUT2D eigenvalue weighted by Gasteiger charge is 2.39. The lowest BCUT2D eigenvalue weighted by molar-refractivity contribution is 0.724. The van der Waals surface area contributed by atoms with E-state index in [9.17, 15) is 0 Å². The van der Waals surface area contributed by atoms with E-state index in [0.29, 0.717) is 5.92 Å². The molecule has 0 radical (unpaired) electrons. The maximum Gasteiger partial charge on any atom is 0.0110 e. The number of hydrogen-bond acceptors (Lipinski definition) is 0. The fourth-order valence-corrected chi connectivity index (χ4v) is 5.85. The van der Waals surface area contributed by atoms with Crippen molar-refractivity contribution in [1.29, 1.82) is 0 Å². The lowest BCUT2D eigenvalue weighted by Gasteiger charge is -2.28. The van der Waals surface area contributed by atoms with E-state index in [2.05, 4.69) is 45.9 Å².